The molecule has 3 saturated heterocycles. The first-order valence-corrected chi connectivity index (χ1v) is 21.3. The fourth-order valence-corrected chi connectivity index (χ4v) is 11.8. The number of para-hydroxylation sites is 1. The molecule has 0 saturated carbocycles. The number of nitrogens with zero attached hydrogens (tertiary/aromatic N) is 3. The molecule has 50 heavy (non-hydrogen) atoms. The second-order valence-electron chi connectivity index (χ2n) is 15.3. The van der Waals surface area contributed by atoms with Crippen molar-refractivity contribution in [2.45, 2.75) is 94.4 Å². The number of carbonyl (C=O) groups is 2. The molecule has 1 spiro atoms. The highest BCUT2D eigenvalue weighted by molar-refractivity contribution is 6.72. The molecule has 4 aliphatic rings. The van der Waals surface area contributed by atoms with Gasteiger partial charge in [-0.2, -0.15) is 0 Å². The van der Waals surface area contributed by atoms with Gasteiger partial charge in [-0.1, -0.05) is 61.5 Å². The molecule has 3 aromatic rings. The quantitative estimate of drug-likeness (QED) is 0.216. The van der Waals surface area contributed by atoms with Crippen LogP contribution in [0.1, 0.15) is 49.3 Å². The summed E-state index contributed by atoms with van der Waals surface area (Å²) in [5.74, 6) is 0.0677. The molecule has 2 N–H and O–H groups in total. The van der Waals surface area contributed by atoms with E-state index in [9.17, 15) is 14.7 Å². The normalized spacial score (nSPS) is 26.5. The van der Waals surface area contributed by atoms with E-state index >= 15 is 4.11 Å². The summed E-state index contributed by atoms with van der Waals surface area (Å²) in [7, 11) is -3.17. The van der Waals surface area contributed by atoms with Crippen LogP contribution in [0.25, 0.3) is 0 Å². The summed E-state index contributed by atoms with van der Waals surface area (Å²) in [6.07, 6.45) is 3.13. The van der Waals surface area contributed by atoms with Crippen molar-refractivity contribution in [3.63, 3.8) is 0 Å². The lowest BCUT2D eigenvalue weighted by Gasteiger charge is -2.39. The lowest BCUT2D eigenvalue weighted by molar-refractivity contribution is -0.138. The maximum Gasteiger partial charge on any atom is 0.254 e. The summed E-state index contributed by atoms with van der Waals surface area (Å²) in [4.78, 5) is 33.8. The van der Waals surface area contributed by atoms with Gasteiger partial charge in [0.2, 0.25) is 14.3 Å². The van der Waals surface area contributed by atoms with Crippen molar-refractivity contribution in [3.8, 4) is 0 Å². The van der Waals surface area contributed by atoms with E-state index in [1.54, 1.807) is 18.0 Å². The zero-order valence-electron chi connectivity index (χ0n) is 29.6. The Labute approximate surface area is 296 Å². The van der Waals surface area contributed by atoms with E-state index in [-0.39, 0.29) is 48.4 Å². The van der Waals surface area contributed by atoms with Crippen LogP contribution >= 0.6 is 0 Å². The van der Waals surface area contributed by atoms with Gasteiger partial charge in [-0.25, -0.2) is 0 Å². The monoisotopic (exact) mass is 698 g/mol. The molecule has 0 bridgehead atoms. The van der Waals surface area contributed by atoms with Crippen molar-refractivity contribution in [2.24, 2.45) is 5.92 Å². The zero-order chi connectivity index (χ0) is 35.0. The fraction of sp³-hybridized carbons (Fsp3) is 0.500. The van der Waals surface area contributed by atoms with Crippen molar-refractivity contribution < 1.29 is 23.5 Å². The molecular formula is C40H51FN4O4Si. The summed E-state index contributed by atoms with van der Waals surface area (Å²) in [5, 5.41) is 13.6. The first kappa shape index (κ1) is 34.9. The second-order valence-corrected chi connectivity index (χ2v) is 19.1. The van der Waals surface area contributed by atoms with Gasteiger partial charge in [0.15, 0.2) is 0 Å². The molecule has 5 atom stereocenters. The molecular weight excluding hydrogens is 648 g/mol. The van der Waals surface area contributed by atoms with Crippen LogP contribution in [0.5, 0.6) is 0 Å². The highest BCUT2D eigenvalue weighted by Crippen LogP contribution is 2.47. The number of nitrogens with one attached hydrogen (secondary N) is 1. The largest absolute Gasteiger partial charge is 0.394 e. The van der Waals surface area contributed by atoms with Crippen LogP contribution in [0.3, 0.4) is 0 Å². The third-order valence-electron chi connectivity index (χ3n) is 11.9. The molecule has 8 nitrogen and oxygen atoms in total. The molecule has 7 rings (SSSR count). The number of carbonyl (C=O) groups excluding carboxylic acids is 2. The van der Waals surface area contributed by atoms with Crippen LogP contribution in [0.4, 0.5) is 15.5 Å². The summed E-state index contributed by atoms with van der Waals surface area (Å²) in [6, 6.07) is 26.3. The Morgan fingerprint density at radius 1 is 0.960 bits per heavy atom. The smallest absolute Gasteiger partial charge is 0.254 e. The Hall–Kier alpha value is -3.57. The van der Waals surface area contributed by atoms with Crippen LogP contribution in [-0.2, 0) is 33.7 Å². The molecule has 3 fully saturated rings. The van der Waals surface area contributed by atoms with E-state index < -0.39 is 20.1 Å². The van der Waals surface area contributed by atoms with Gasteiger partial charge in [-0.15, -0.1) is 0 Å². The Morgan fingerprint density at radius 2 is 1.64 bits per heavy atom. The molecule has 0 aliphatic carbocycles. The number of fused-ring (bicyclic) bond motifs is 1. The number of anilines is 2. The van der Waals surface area contributed by atoms with E-state index in [1.165, 1.54) is 0 Å². The van der Waals surface area contributed by atoms with Crippen molar-refractivity contribution >= 4 is 31.6 Å². The van der Waals surface area contributed by atoms with Crippen LogP contribution < -0.4 is 15.1 Å². The highest BCUT2D eigenvalue weighted by Gasteiger charge is 2.54. The van der Waals surface area contributed by atoms with Crippen molar-refractivity contribution in [3.05, 3.63) is 95.6 Å². The first-order chi connectivity index (χ1) is 24.1. The number of aliphatic hydroxyl groups excluding tert-OH is 1. The SMILES string of the molecule is C[C@H]1[C@H]([Si](C)(C)F)[C@@H](CC(=O)N2Cc3ccccc3C[C@H]2CO)O[C@H]1CCc1ccc(N2CN(c3ccccc3)C3(CCNCC3)C2=O)cc1. The van der Waals surface area contributed by atoms with Crippen molar-refractivity contribution in [2.75, 3.05) is 36.2 Å². The number of halogens is 1. The molecule has 4 heterocycles. The number of ether oxygens (including phenoxy) is 1. The third-order valence-corrected chi connectivity index (χ3v) is 14.3. The van der Waals surface area contributed by atoms with E-state index in [2.05, 4.69) is 47.5 Å². The molecule has 10 heteroatoms. The van der Waals surface area contributed by atoms with Gasteiger partial charge in [0.05, 0.1) is 37.9 Å². The summed E-state index contributed by atoms with van der Waals surface area (Å²) < 4.78 is 22.5. The standard InChI is InChI=1S/C40H51FN4O4Si/c1-28-35(49-36(38(28)50(2,3)41)24-37(47)43-25-31-10-8-7-9-30(31)23-34(43)26-46)18-15-29-13-16-32(17-14-29)44-27-45(33-11-5-4-6-12-33)40(39(44)48)19-21-42-22-20-40/h4-14,16-17,28,34-36,38,42,46H,15,18-27H2,1-3H3/t28-,34+,35+,36-,38+/m1/s1. The Bertz CT molecular complexity index is 1660. The topological polar surface area (TPSA) is 85.4 Å². The first-order valence-electron chi connectivity index (χ1n) is 18.3. The van der Waals surface area contributed by atoms with Crippen LogP contribution in [0, 0.1) is 5.92 Å². The lowest BCUT2D eigenvalue weighted by Crippen LogP contribution is -2.55. The summed E-state index contributed by atoms with van der Waals surface area (Å²) in [6.45, 7) is 8.05. The minimum atomic E-state index is -3.17. The number of hydrogen-bond donors (Lipinski definition) is 2. The lowest BCUT2D eigenvalue weighted by atomic mass is 9.86. The van der Waals surface area contributed by atoms with Gasteiger partial charge in [0, 0.05) is 23.5 Å². The maximum absolute atomic E-state index is 15.9. The van der Waals surface area contributed by atoms with Crippen LogP contribution in [0.2, 0.25) is 18.6 Å². The van der Waals surface area contributed by atoms with Gasteiger partial charge >= 0.3 is 0 Å². The minimum absolute atomic E-state index is 0.0122. The van der Waals surface area contributed by atoms with Gasteiger partial charge in [0.1, 0.15) is 5.54 Å². The predicted octanol–water partition coefficient (Wildman–Crippen LogP) is 5.84. The second kappa shape index (κ2) is 14.2. The van der Waals surface area contributed by atoms with Crippen LogP contribution in [-0.4, -0.2) is 80.4 Å². The van der Waals surface area contributed by atoms with E-state index in [0.29, 0.717) is 19.6 Å². The van der Waals surface area contributed by atoms with E-state index in [0.717, 1.165) is 66.8 Å². The van der Waals surface area contributed by atoms with Gasteiger partial charge in [0.25, 0.3) is 5.91 Å². The van der Waals surface area contributed by atoms with E-state index in [4.69, 9.17) is 4.74 Å². The molecule has 0 radical (unpaired) electrons. The number of piperidine rings is 1. The summed E-state index contributed by atoms with van der Waals surface area (Å²) >= 11 is 0. The van der Waals surface area contributed by atoms with Crippen molar-refractivity contribution in [1.82, 2.24) is 10.2 Å². The third kappa shape index (κ3) is 6.63. The number of amides is 2. The number of aryl methyl sites for hydroxylation is 1. The summed E-state index contributed by atoms with van der Waals surface area (Å²) in [5.41, 5.74) is 4.53. The highest BCUT2D eigenvalue weighted by atomic mass is 28.4. The Morgan fingerprint density at radius 3 is 2.32 bits per heavy atom. The molecule has 4 aliphatic heterocycles. The van der Waals surface area contributed by atoms with Crippen molar-refractivity contribution in [1.29, 1.82) is 0 Å². The van der Waals surface area contributed by atoms with Gasteiger partial charge in [-0.05, 0) is 105 Å². The molecule has 2 amide bonds. The average Bonchev–Trinajstić information content (AvgIpc) is 3.59. The number of rotatable bonds is 9. The molecule has 3 aromatic carbocycles. The maximum atomic E-state index is 15.9. The average molecular weight is 699 g/mol. The number of aliphatic hydroxyl groups is 1. The van der Waals surface area contributed by atoms with Gasteiger partial charge in [-0.3, -0.25) is 14.5 Å². The Balaban J connectivity index is 1.01. The predicted molar refractivity (Wildman–Crippen MR) is 197 cm³/mol. The number of benzene rings is 3. The molecule has 266 valence electrons. The van der Waals surface area contributed by atoms with E-state index in [1.807, 2.05) is 53.4 Å². The molecule has 0 unspecified atom stereocenters. The zero-order valence-corrected chi connectivity index (χ0v) is 30.6. The minimum Gasteiger partial charge on any atom is -0.394 e. The molecule has 0 aromatic heterocycles. The Kier molecular flexibility index (Phi) is 9.91. The number of hydrogen-bond acceptors (Lipinski definition) is 6. The van der Waals surface area contributed by atoms with Crippen LogP contribution in [0.15, 0.2) is 78.9 Å². The van der Waals surface area contributed by atoms with Gasteiger partial charge < -0.3 is 29.1 Å². The fourth-order valence-electron chi connectivity index (χ4n) is 9.23.